The fraction of sp³-hybridized carbons (Fsp3) is 0.462. The second-order valence-corrected chi connectivity index (χ2v) is 5.17. The van der Waals surface area contributed by atoms with E-state index in [9.17, 15) is 13.6 Å². The van der Waals surface area contributed by atoms with Gasteiger partial charge in [0.2, 0.25) is 0 Å². The Balaban J connectivity index is 0.00000220. The van der Waals surface area contributed by atoms with Gasteiger partial charge in [0.15, 0.2) is 0 Å². The Bertz CT molecular complexity index is 499. The van der Waals surface area contributed by atoms with E-state index in [1.807, 2.05) is 0 Å². The van der Waals surface area contributed by atoms with Crippen LogP contribution in [-0.2, 0) is 0 Å². The minimum absolute atomic E-state index is 0. The Morgan fingerprint density at radius 1 is 1.48 bits per heavy atom. The molecule has 0 radical (unpaired) electrons. The molecule has 118 valence electrons. The molecule has 0 spiro atoms. The highest BCUT2D eigenvalue weighted by molar-refractivity contribution is 6.31. The summed E-state index contributed by atoms with van der Waals surface area (Å²) in [4.78, 5) is 12.0. The van der Waals surface area contributed by atoms with E-state index in [1.165, 1.54) is 18.2 Å². The first kappa shape index (κ1) is 17.9. The monoisotopic (exact) mass is 340 g/mol. The second kappa shape index (κ2) is 7.77. The molecule has 0 aromatic heterocycles. The predicted molar refractivity (Wildman–Crippen MR) is 78.4 cm³/mol. The SMILES string of the molecule is Cl.NC(CNC(=O)c1cc(Cl)ccc1OC(F)F)C1CC1. The average Bonchev–Trinajstić information content (AvgIpc) is 3.21. The molecule has 0 aliphatic heterocycles. The van der Waals surface area contributed by atoms with Crippen molar-refractivity contribution in [3.8, 4) is 5.75 Å². The number of hydrogen-bond acceptors (Lipinski definition) is 3. The highest BCUT2D eigenvalue weighted by atomic mass is 35.5. The average molecular weight is 341 g/mol. The molecular weight excluding hydrogens is 325 g/mol. The van der Waals surface area contributed by atoms with Crippen molar-refractivity contribution in [1.82, 2.24) is 5.32 Å². The van der Waals surface area contributed by atoms with Crippen molar-refractivity contribution in [2.24, 2.45) is 11.7 Å². The molecule has 1 aliphatic carbocycles. The molecular formula is C13H16Cl2F2N2O2. The Hall–Kier alpha value is -1.11. The number of hydrogen-bond donors (Lipinski definition) is 2. The molecule has 1 fully saturated rings. The summed E-state index contributed by atoms with van der Waals surface area (Å²) in [5, 5.41) is 2.88. The van der Waals surface area contributed by atoms with Gasteiger partial charge in [-0.15, -0.1) is 12.4 Å². The maximum atomic E-state index is 12.3. The first-order valence-corrected chi connectivity index (χ1v) is 6.63. The first-order chi connectivity index (χ1) is 9.47. The number of ether oxygens (including phenoxy) is 1. The van der Waals surface area contributed by atoms with Crippen LogP contribution in [0.1, 0.15) is 23.2 Å². The van der Waals surface area contributed by atoms with Crippen LogP contribution < -0.4 is 15.8 Å². The summed E-state index contributed by atoms with van der Waals surface area (Å²) in [5.41, 5.74) is 5.83. The van der Waals surface area contributed by atoms with Crippen molar-refractivity contribution in [3.05, 3.63) is 28.8 Å². The van der Waals surface area contributed by atoms with Gasteiger partial charge in [0, 0.05) is 17.6 Å². The van der Waals surface area contributed by atoms with Gasteiger partial charge in [-0.1, -0.05) is 11.6 Å². The molecule has 1 aromatic carbocycles. The van der Waals surface area contributed by atoms with Gasteiger partial charge in [-0.05, 0) is 37.0 Å². The van der Waals surface area contributed by atoms with Crippen molar-refractivity contribution in [2.75, 3.05) is 6.54 Å². The maximum absolute atomic E-state index is 12.3. The molecule has 1 aliphatic rings. The molecule has 8 heteroatoms. The van der Waals surface area contributed by atoms with Crippen molar-refractivity contribution in [3.63, 3.8) is 0 Å². The van der Waals surface area contributed by atoms with Crippen LogP contribution in [0, 0.1) is 5.92 Å². The molecule has 1 amide bonds. The van der Waals surface area contributed by atoms with E-state index in [1.54, 1.807) is 0 Å². The maximum Gasteiger partial charge on any atom is 0.387 e. The van der Waals surface area contributed by atoms with Gasteiger partial charge < -0.3 is 15.8 Å². The lowest BCUT2D eigenvalue weighted by Crippen LogP contribution is -2.38. The lowest BCUT2D eigenvalue weighted by atomic mass is 10.1. The number of carbonyl (C=O) groups is 1. The van der Waals surface area contributed by atoms with Crippen molar-refractivity contribution in [2.45, 2.75) is 25.5 Å². The fourth-order valence-corrected chi connectivity index (χ4v) is 2.05. The molecule has 0 heterocycles. The Kier molecular flexibility index (Phi) is 6.64. The summed E-state index contributed by atoms with van der Waals surface area (Å²) >= 11 is 5.77. The van der Waals surface area contributed by atoms with E-state index in [0.717, 1.165) is 12.8 Å². The summed E-state index contributed by atoms with van der Waals surface area (Å²) in [6.45, 7) is -2.71. The lowest BCUT2D eigenvalue weighted by molar-refractivity contribution is -0.0501. The number of nitrogens with two attached hydrogens (primary N) is 1. The topological polar surface area (TPSA) is 64.3 Å². The minimum Gasteiger partial charge on any atom is -0.434 e. The zero-order chi connectivity index (χ0) is 14.7. The van der Waals surface area contributed by atoms with Gasteiger partial charge in [-0.2, -0.15) is 8.78 Å². The lowest BCUT2D eigenvalue weighted by Gasteiger charge is -2.14. The number of carbonyl (C=O) groups excluding carboxylic acids is 1. The van der Waals surface area contributed by atoms with Crippen LogP contribution in [0.15, 0.2) is 18.2 Å². The van der Waals surface area contributed by atoms with Crippen molar-refractivity contribution >= 4 is 29.9 Å². The number of nitrogens with one attached hydrogen (secondary N) is 1. The van der Waals surface area contributed by atoms with Gasteiger partial charge in [0.05, 0.1) is 5.56 Å². The number of benzene rings is 1. The molecule has 0 bridgehead atoms. The summed E-state index contributed by atoms with van der Waals surface area (Å²) in [5.74, 6) is -0.299. The summed E-state index contributed by atoms with van der Waals surface area (Å²) < 4.78 is 28.9. The Morgan fingerprint density at radius 2 is 2.14 bits per heavy atom. The highest BCUT2D eigenvalue weighted by Crippen LogP contribution is 2.31. The molecule has 1 aromatic rings. The van der Waals surface area contributed by atoms with Crippen LogP contribution in [0.4, 0.5) is 8.78 Å². The fourth-order valence-electron chi connectivity index (χ4n) is 1.88. The zero-order valence-corrected chi connectivity index (χ0v) is 12.6. The van der Waals surface area contributed by atoms with Gasteiger partial charge in [0.1, 0.15) is 5.75 Å². The number of rotatable bonds is 6. The van der Waals surface area contributed by atoms with Gasteiger partial charge >= 0.3 is 6.61 Å². The number of alkyl halides is 2. The molecule has 1 saturated carbocycles. The molecule has 21 heavy (non-hydrogen) atoms. The Morgan fingerprint density at radius 3 is 2.71 bits per heavy atom. The van der Waals surface area contributed by atoms with Crippen LogP contribution in [-0.4, -0.2) is 25.1 Å². The summed E-state index contributed by atoms with van der Waals surface area (Å²) in [6.07, 6.45) is 2.13. The van der Waals surface area contributed by atoms with E-state index in [2.05, 4.69) is 10.1 Å². The molecule has 4 nitrogen and oxygen atoms in total. The van der Waals surface area contributed by atoms with Crippen molar-refractivity contribution in [1.29, 1.82) is 0 Å². The largest absolute Gasteiger partial charge is 0.434 e. The quantitative estimate of drug-likeness (QED) is 0.836. The molecule has 0 saturated heterocycles. The normalized spacial score (nSPS) is 15.3. The molecule has 1 atom stereocenters. The smallest absolute Gasteiger partial charge is 0.387 e. The molecule has 3 N–H and O–H groups in total. The first-order valence-electron chi connectivity index (χ1n) is 6.25. The van der Waals surface area contributed by atoms with E-state index in [0.29, 0.717) is 12.5 Å². The third-order valence-corrected chi connectivity index (χ3v) is 3.36. The van der Waals surface area contributed by atoms with Crippen LogP contribution >= 0.6 is 24.0 Å². The zero-order valence-electron chi connectivity index (χ0n) is 11.0. The number of halogens is 4. The number of amides is 1. The second-order valence-electron chi connectivity index (χ2n) is 4.73. The van der Waals surface area contributed by atoms with E-state index < -0.39 is 12.5 Å². The van der Waals surface area contributed by atoms with Crippen LogP contribution in [0.5, 0.6) is 5.75 Å². The highest BCUT2D eigenvalue weighted by Gasteiger charge is 2.28. The summed E-state index contributed by atoms with van der Waals surface area (Å²) in [6, 6.07) is 3.80. The van der Waals surface area contributed by atoms with Gasteiger partial charge in [-0.3, -0.25) is 4.79 Å². The van der Waals surface area contributed by atoms with E-state index >= 15 is 0 Å². The van der Waals surface area contributed by atoms with E-state index in [4.69, 9.17) is 17.3 Å². The standard InChI is InChI=1S/C13H15ClF2N2O2.ClH/c14-8-3-4-11(20-13(15)16)9(5-8)12(19)18-6-10(17)7-1-2-7;/h3-5,7,10,13H,1-2,6,17H2,(H,18,19);1H. The third kappa shape index (κ3) is 5.30. The summed E-state index contributed by atoms with van der Waals surface area (Å²) in [7, 11) is 0. The Labute approximate surface area is 132 Å². The van der Waals surface area contributed by atoms with E-state index in [-0.39, 0.29) is 34.8 Å². The van der Waals surface area contributed by atoms with Crippen LogP contribution in [0.3, 0.4) is 0 Å². The third-order valence-electron chi connectivity index (χ3n) is 3.13. The van der Waals surface area contributed by atoms with Gasteiger partial charge in [0.25, 0.3) is 5.91 Å². The van der Waals surface area contributed by atoms with Gasteiger partial charge in [-0.25, -0.2) is 0 Å². The molecule has 1 unspecified atom stereocenters. The van der Waals surface area contributed by atoms with Crippen LogP contribution in [0.25, 0.3) is 0 Å². The minimum atomic E-state index is -3.00. The van der Waals surface area contributed by atoms with Crippen LogP contribution in [0.2, 0.25) is 5.02 Å². The molecule has 2 rings (SSSR count). The van der Waals surface area contributed by atoms with Crippen molar-refractivity contribution < 1.29 is 18.3 Å². The predicted octanol–water partition coefficient (Wildman–Crippen LogP) is 2.83.